The highest BCUT2D eigenvalue weighted by Gasteiger charge is 2.11. The van der Waals surface area contributed by atoms with Crippen molar-refractivity contribution < 1.29 is 18.0 Å². The van der Waals surface area contributed by atoms with Crippen LogP contribution in [0, 0.1) is 18.6 Å². The van der Waals surface area contributed by atoms with Crippen LogP contribution in [0.4, 0.5) is 14.5 Å². The van der Waals surface area contributed by atoms with Gasteiger partial charge in [0, 0.05) is 18.7 Å². The number of hydrogen-bond acceptors (Lipinski definition) is 3. The molecule has 0 bridgehead atoms. The van der Waals surface area contributed by atoms with Gasteiger partial charge in [-0.05, 0) is 12.1 Å². The molecule has 0 fully saturated rings. The molecule has 0 radical (unpaired) electrons. The third kappa shape index (κ3) is 2.47. The van der Waals surface area contributed by atoms with Gasteiger partial charge in [-0.1, -0.05) is 0 Å². The number of carbonyl (C=O) groups is 1. The number of aryl methyl sites for hydroxylation is 1. The molecule has 1 heterocycles. The van der Waals surface area contributed by atoms with Gasteiger partial charge in [0.15, 0.2) is 23.2 Å². The summed E-state index contributed by atoms with van der Waals surface area (Å²) >= 11 is 0. The highest BCUT2D eigenvalue weighted by Crippen LogP contribution is 2.14. The van der Waals surface area contributed by atoms with E-state index in [0.717, 1.165) is 12.1 Å². The van der Waals surface area contributed by atoms with Crippen LogP contribution in [0.5, 0.6) is 0 Å². The van der Waals surface area contributed by atoms with Crippen LogP contribution in [0.3, 0.4) is 0 Å². The van der Waals surface area contributed by atoms with Crippen LogP contribution in [-0.4, -0.2) is 10.9 Å². The van der Waals surface area contributed by atoms with Gasteiger partial charge in [-0.25, -0.2) is 13.8 Å². The number of aromatic nitrogens is 1. The molecule has 0 saturated heterocycles. The summed E-state index contributed by atoms with van der Waals surface area (Å²) in [5, 5.41) is 2.37. The second kappa shape index (κ2) is 4.32. The van der Waals surface area contributed by atoms with E-state index in [0.29, 0.717) is 5.89 Å². The van der Waals surface area contributed by atoms with Gasteiger partial charge < -0.3 is 9.73 Å². The molecule has 0 spiro atoms. The second-order valence-electron chi connectivity index (χ2n) is 3.33. The minimum atomic E-state index is -1.03. The molecule has 0 saturated carbocycles. The van der Waals surface area contributed by atoms with Gasteiger partial charge in [0.25, 0.3) is 5.91 Å². The predicted molar refractivity (Wildman–Crippen MR) is 55.6 cm³/mol. The van der Waals surface area contributed by atoms with E-state index in [4.69, 9.17) is 4.42 Å². The molecule has 0 aliphatic rings. The Morgan fingerprint density at radius 1 is 1.35 bits per heavy atom. The molecular weight excluding hydrogens is 230 g/mol. The molecule has 6 heteroatoms. The summed E-state index contributed by atoms with van der Waals surface area (Å²) < 4.78 is 30.4. The fourth-order valence-electron chi connectivity index (χ4n) is 1.24. The normalized spacial score (nSPS) is 10.3. The molecule has 0 atom stereocenters. The van der Waals surface area contributed by atoms with Crippen molar-refractivity contribution in [1.29, 1.82) is 0 Å². The van der Waals surface area contributed by atoms with Crippen molar-refractivity contribution in [3.05, 3.63) is 47.7 Å². The average molecular weight is 238 g/mol. The van der Waals surface area contributed by atoms with Gasteiger partial charge in [-0.15, -0.1) is 0 Å². The van der Waals surface area contributed by atoms with Crippen molar-refractivity contribution in [3.63, 3.8) is 0 Å². The van der Waals surface area contributed by atoms with E-state index in [-0.39, 0.29) is 11.4 Å². The van der Waals surface area contributed by atoms with E-state index in [1.807, 2.05) is 0 Å². The summed E-state index contributed by atoms with van der Waals surface area (Å²) in [4.78, 5) is 15.4. The number of benzene rings is 1. The molecule has 0 aliphatic heterocycles. The zero-order valence-electron chi connectivity index (χ0n) is 8.83. The first-order valence-corrected chi connectivity index (χ1v) is 4.75. The maximum absolute atomic E-state index is 12.9. The van der Waals surface area contributed by atoms with Crippen LogP contribution in [-0.2, 0) is 0 Å². The molecular formula is C11H8F2N2O2. The third-order valence-corrected chi connectivity index (χ3v) is 2.03. The topological polar surface area (TPSA) is 55.1 Å². The van der Waals surface area contributed by atoms with Gasteiger partial charge in [0.2, 0.25) is 0 Å². The summed E-state index contributed by atoms with van der Waals surface area (Å²) in [5.74, 6) is -2.20. The van der Waals surface area contributed by atoms with Crippen molar-refractivity contribution in [1.82, 2.24) is 4.98 Å². The van der Waals surface area contributed by atoms with Crippen LogP contribution < -0.4 is 5.32 Å². The molecule has 1 aromatic carbocycles. The first kappa shape index (κ1) is 11.3. The number of nitrogens with one attached hydrogen (secondary N) is 1. The van der Waals surface area contributed by atoms with Crippen LogP contribution in [0.1, 0.15) is 16.4 Å². The largest absolute Gasteiger partial charge is 0.448 e. The van der Waals surface area contributed by atoms with Gasteiger partial charge in [-0.3, -0.25) is 4.79 Å². The lowest BCUT2D eigenvalue weighted by atomic mass is 10.3. The van der Waals surface area contributed by atoms with Crippen molar-refractivity contribution in [2.24, 2.45) is 0 Å². The number of hydrogen-bond donors (Lipinski definition) is 1. The quantitative estimate of drug-likeness (QED) is 0.874. The lowest BCUT2D eigenvalue weighted by Crippen LogP contribution is -2.12. The summed E-state index contributed by atoms with van der Waals surface area (Å²) in [7, 11) is 0. The second-order valence-corrected chi connectivity index (χ2v) is 3.33. The number of anilines is 1. The van der Waals surface area contributed by atoms with Crippen LogP contribution in [0.15, 0.2) is 28.9 Å². The number of halogens is 2. The van der Waals surface area contributed by atoms with E-state index in [1.54, 1.807) is 6.92 Å². The van der Waals surface area contributed by atoms with Crippen molar-refractivity contribution in [2.45, 2.75) is 6.92 Å². The molecule has 2 rings (SSSR count). The predicted octanol–water partition coefficient (Wildman–Crippen LogP) is 2.51. The Bertz CT molecular complexity index is 566. The van der Waals surface area contributed by atoms with Crippen LogP contribution in [0.2, 0.25) is 0 Å². The van der Waals surface area contributed by atoms with E-state index in [9.17, 15) is 13.6 Å². The summed E-state index contributed by atoms with van der Waals surface area (Å²) in [6.45, 7) is 1.59. The van der Waals surface area contributed by atoms with E-state index < -0.39 is 17.5 Å². The first-order chi connectivity index (χ1) is 8.06. The molecule has 0 aliphatic carbocycles. The smallest absolute Gasteiger partial charge is 0.277 e. The fourth-order valence-corrected chi connectivity index (χ4v) is 1.24. The fraction of sp³-hybridized carbons (Fsp3) is 0.0909. The lowest BCUT2D eigenvalue weighted by molar-refractivity contribution is 0.102. The molecule has 2 aromatic rings. The van der Waals surface area contributed by atoms with E-state index in [1.165, 1.54) is 12.3 Å². The van der Waals surface area contributed by atoms with Gasteiger partial charge in [-0.2, -0.15) is 0 Å². The zero-order chi connectivity index (χ0) is 12.4. The Morgan fingerprint density at radius 2 is 2.12 bits per heavy atom. The first-order valence-electron chi connectivity index (χ1n) is 4.75. The number of oxazole rings is 1. The van der Waals surface area contributed by atoms with Crippen molar-refractivity contribution in [3.8, 4) is 0 Å². The SMILES string of the molecule is Cc1nc(C(=O)Nc2ccc(F)c(F)c2)co1. The minimum absolute atomic E-state index is 0.0761. The van der Waals surface area contributed by atoms with E-state index in [2.05, 4.69) is 10.3 Å². The van der Waals surface area contributed by atoms with E-state index >= 15 is 0 Å². The number of carbonyl (C=O) groups excluding carboxylic acids is 1. The van der Waals surface area contributed by atoms with Gasteiger partial charge in [0.05, 0.1) is 0 Å². The highest BCUT2D eigenvalue weighted by atomic mass is 19.2. The van der Waals surface area contributed by atoms with Crippen molar-refractivity contribution in [2.75, 3.05) is 5.32 Å². The van der Waals surface area contributed by atoms with Crippen molar-refractivity contribution >= 4 is 11.6 Å². The van der Waals surface area contributed by atoms with Crippen LogP contribution >= 0.6 is 0 Å². The van der Waals surface area contributed by atoms with Crippen LogP contribution in [0.25, 0.3) is 0 Å². The summed E-state index contributed by atoms with van der Waals surface area (Å²) in [5.41, 5.74) is 0.224. The number of amides is 1. The standard InChI is InChI=1S/C11H8F2N2O2/c1-6-14-10(5-17-6)11(16)15-7-2-3-8(12)9(13)4-7/h2-5H,1H3,(H,15,16). The Balaban J connectivity index is 2.15. The molecule has 88 valence electrons. The minimum Gasteiger partial charge on any atom is -0.448 e. The maximum atomic E-state index is 12.9. The summed E-state index contributed by atoms with van der Waals surface area (Å²) in [6, 6.07) is 3.07. The summed E-state index contributed by atoms with van der Waals surface area (Å²) in [6.07, 6.45) is 1.19. The zero-order valence-corrected chi connectivity index (χ0v) is 8.83. The average Bonchev–Trinajstić information content (AvgIpc) is 2.70. The monoisotopic (exact) mass is 238 g/mol. The maximum Gasteiger partial charge on any atom is 0.277 e. The number of rotatable bonds is 2. The number of nitrogens with zero attached hydrogens (tertiary/aromatic N) is 1. The third-order valence-electron chi connectivity index (χ3n) is 2.03. The Labute approximate surface area is 95.3 Å². The molecule has 1 amide bonds. The molecule has 1 aromatic heterocycles. The Hall–Kier alpha value is -2.24. The molecule has 17 heavy (non-hydrogen) atoms. The Morgan fingerprint density at radius 3 is 2.71 bits per heavy atom. The highest BCUT2D eigenvalue weighted by molar-refractivity contribution is 6.02. The lowest BCUT2D eigenvalue weighted by Gasteiger charge is -2.02. The van der Waals surface area contributed by atoms with Gasteiger partial charge in [0.1, 0.15) is 6.26 Å². The molecule has 0 unspecified atom stereocenters. The molecule has 1 N–H and O–H groups in total. The molecule has 4 nitrogen and oxygen atoms in total. The Kier molecular flexibility index (Phi) is 2.86. The van der Waals surface area contributed by atoms with Gasteiger partial charge >= 0.3 is 0 Å².